The highest BCUT2D eigenvalue weighted by molar-refractivity contribution is 5.82. The quantitative estimate of drug-likeness (QED) is 0.480. The van der Waals surface area contributed by atoms with Crippen molar-refractivity contribution in [3.05, 3.63) is 83.9 Å². The molecule has 31 heavy (non-hydrogen) atoms. The number of ether oxygens (including phenoxy) is 3. The van der Waals surface area contributed by atoms with Crippen molar-refractivity contribution in [3.8, 4) is 23.0 Å². The molecule has 5 nitrogen and oxygen atoms in total. The van der Waals surface area contributed by atoms with Crippen LogP contribution in [0.15, 0.2) is 72.8 Å². The number of para-hydroxylation sites is 1. The molecule has 3 aromatic carbocycles. The standard InChI is InChI=1S/C26H28O5/c1-18(2)26(25(27)28,20-13-14-23(29-3)24(16-20)30-4)17-19-9-8-12-22(15-19)31-21-10-6-5-7-11-21/h5-16,18H,17H2,1-4H3,(H,27,28). The Balaban J connectivity index is 2.01. The maximum Gasteiger partial charge on any atom is 0.314 e. The van der Waals surface area contributed by atoms with Gasteiger partial charge in [-0.3, -0.25) is 4.79 Å². The van der Waals surface area contributed by atoms with E-state index < -0.39 is 11.4 Å². The average molecular weight is 421 g/mol. The molecule has 1 unspecified atom stereocenters. The van der Waals surface area contributed by atoms with Gasteiger partial charge in [-0.15, -0.1) is 0 Å². The van der Waals surface area contributed by atoms with Crippen molar-refractivity contribution >= 4 is 5.97 Å². The molecular weight excluding hydrogens is 392 g/mol. The summed E-state index contributed by atoms with van der Waals surface area (Å²) in [5.41, 5.74) is 0.395. The third-order valence-electron chi connectivity index (χ3n) is 5.63. The van der Waals surface area contributed by atoms with Crippen molar-refractivity contribution < 1.29 is 24.1 Å². The van der Waals surface area contributed by atoms with Gasteiger partial charge in [0, 0.05) is 0 Å². The van der Waals surface area contributed by atoms with Gasteiger partial charge in [-0.2, -0.15) is 0 Å². The number of hydrogen-bond donors (Lipinski definition) is 1. The van der Waals surface area contributed by atoms with Gasteiger partial charge < -0.3 is 19.3 Å². The summed E-state index contributed by atoms with van der Waals surface area (Å²) in [6.45, 7) is 3.85. The number of methoxy groups -OCH3 is 2. The van der Waals surface area contributed by atoms with Crippen molar-refractivity contribution in [1.82, 2.24) is 0 Å². The highest BCUT2D eigenvalue weighted by atomic mass is 16.5. The number of benzene rings is 3. The van der Waals surface area contributed by atoms with E-state index >= 15 is 0 Å². The summed E-state index contributed by atoms with van der Waals surface area (Å²) >= 11 is 0. The summed E-state index contributed by atoms with van der Waals surface area (Å²) in [5, 5.41) is 10.4. The molecular formula is C26H28O5. The van der Waals surface area contributed by atoms with Gasteiger partial charge in [-0.05, 0) is 59.9 Å². The van der Waals surface area contributed by atoms with Crippen LogP contribution in [0.3, 0.4) is 0 Å². The van der Waals surface area contributed by atoms with Crippen LogP contribution >= 0.6 is 0 Å². The molecule has 0 radical (unpaired) electrons. The average Bonchev–Trinajstić information content (AvgIpc) is 2.77. The summed E-state index contributed by atoms with van der Waals surface area (Å²) < 4.78 is 16.7. The van der Waals surface area contributed by atoms with E-state index in [1.54, 1.807) is 32.4 Å². The third kappa shape index (κ3) is 4.66. The van der Waals surface area contributed by atoms with Gasteiger partial charge in [0.25, 0.3) is 0 Å². The van der Waals surface area contributed by atoms with E-state index in [1.807, 2.05) is 68.4 Å². The maximum absolute atomic E-state index is 12.7. The fourth-order valence-electron chi connectivity index (χ4n) is 3.86. The van der Waals surface area contributed by atoms with Gasteiger partial charge in [0.05, 0.1) is 19.6 Å². The topological polar surface area (TPSA) is 65.0 Å². The van der Waals surface area contributed by atoms with Gasteiger partial charge in [-0.1, -0.05) is 50.2 Å². The second-order valence-corrected chi connectivity index (χ2v) is 7.74. The fraction of sp³-hybridized carbons (Fsp3) is 0.269. The fourth-order valence-corrected chi connectivity index (χ4v) is 3.86. The second kappa shape index (κ2) is 9.56. The monoisotopic (exact) mass is 420 g/mol. The zero-order valence-corrected chi connectivity index (χ0v) is 18.3. The predicted octanol–water partition coefficient (Wildman–Crippen LogP) is 5.72. The summed E-state index contributed by atoms with van der Waals surface area (Å²) in [7, 11) is 3.10. The first-order valence-corrected chi connectivity index (χ1v) is 10.2. The first-order chi connectivity index (χ1) is 14.9. The summed E-state index contributed by atoms with van der Waals surface area (Å²) in [6.07, 6.45) is 0.307. The second-order valence-electron chi connectivity index (χ2n) is 7.74. The minimum absolute atomic E-state index is 0.179. The normalized spacial score (nSPS) is 12.8. The lowest BCUT2D eigenvalue weighted by atomic mass is 9.68. The number of aliphatic carboxylic acids is 1. The third-order valence-corrected chi connectivity index (χ3v) is 5.63. The molecule has 0 saturated heterocycles. The van der Waals surface area contributed by atoms with Gasteiger partial charge >= 0.3 is 5.97 Å². The number of carboxylic acids is 1. The SMILES string of the molecule is COc1ccc(C(Cc2cccc(Oc3ccccc3)c2)(C(=O)O)C(C)C)cc1OC. The molecule has 0 heterocycles. The molecule has 5 heteroatoms. The Kier molecular flexibility index (Phi) is 6.85. The number of rotatable bonds is 9. The molecule has 0 fully saturated rings. The van der Waals surface area contributed by atoms with Gasteiger partial charge in [-0.25, -0.2) is 0 Å². The first-order valence-electron chi connectivity index (χ1n) is 10.2. The summed E-state index contributed by atoms with van der Waals surface area (Å²) in [6, 6.07) is 22.4. The number of carboxylic acid groups (broad SMARTS) is 1. The highest BCUT2D eigenvalue weighted by Crippen LogP contribution is 2.41. The van der Waals surface area contributed by atoms with Crippen LogP contribution in [0.5, 0.6) is 23.0 Å². The minimum atomic E-state index is -1.15. The first kappa shape index (κ1) is 22.2. The molecule has 3 aromatic rings. The lowest BCUT2D eigenvalue weighted by molar-refractivity contribution is -0.145. The minimum Gasteiger partial charge on any atom is -0.493 e. The Morgan fingerprint density at radius 3 is 2.16 bits per heavy atom. The predicted molar refractivity (Wildman–Crippen MR) is 120 cm³/mol. The van der Waals surface area contributed by atoms with E-state index in [9.17, 15) is 9.90 Å². The molecule has 0 bridgehead atoms. The van der Waals surface area contributed by atoms with Crippen LogP contribution in [0, 0.1) is 5.92 Å². The lowest BCUT2D eigenvalue weighted by Crippen LogP contribution is -2.43. The van der Waals surface area contributed by atoms with E-state index in [0.29, 0.717) is 29.2 Å². The number of carbonyl (C=O) groups is 1. The molecule has 0 aliphatic carbocycles. The smallest absolute Gasteiger partial charge is 0.314 e. The molecule has 0 aliphatic heterocycles. The van der Waals surface area contributed by atoms with Crippen LogP contribution in [0.4, 0.5) is 0 Å². The summed E-state index contributed by atoms with van der Waals surface area (Å²) in [5.74, 6) is 1.40. The van der Waals surface area contributed by atoms with Crippen molar-refractivity contribution in [2.45, 2.75) is 25.7 Å². The molecule has 3 rings (SSSR count). The molecule has 0 saturated carbocycles. The number of hydrogen-bond acceptors (Lipinski definition) is 4. The van der Waals surface area contributed by atoms with Gasteiger partial charge in [0.2, 0.25) is 0 Å². The van der Waals surface area contributed by atoms with Crippen molar-refractivity contribution in [2.75, 3.05) is 14.2 Å². The van der Waals surface area contributed by atoms with Crippen LogP contribution in [0.1, 0.15) is 25.0 Å². The van der Waals surface area contributed by atoms with Gasteiger partial charge in [0.15, 0.2) is 11.5 Å². The molecule has 162 valence electrons. The Hall–Kier alpha value is -3.47. The van der Waals surface area contributed by atoms with Crippen molar-refractivity contribution in [2.24, 2.45) is 5.92 Å². The molecule has 0 amide bonds. The van der Waals surface area contributed by atoms with Crippen LogP contribution in [0.2, 0.25) is 0 Å². The largest absolute Gasteiger partial charge is 0.493 e. The Morgan fingerprint density at radius 1 is 0.871 bits per heavy atom. The molecule has 1 N–H and O–H groups in total. The molecule has 1 atom stereocenters. The van der Waals surface area contributed by atoms with Gasteiger partial charge in [0.1, 0.15) is 11.5 Å². The lowest BCUT2D eigenvalue weighted by Gasteiger charge is -2.34. The van der Waals surface area contributed by atoms with E-state index in [0.717, 1.165) is 11.3 Å². The Morgan fingerprint density at radius 2 is 1.55 bits per heavy atom. The van der Waals surface area contributed by atoms with E-state index in [1.165, 1.54) is 0 Å². The highest BCUT2D eigenvalue weighted by Gasteiger charge is 2.44. The van der Waals surface area contributed by atoms with Crippen molar-refractivity contribution in [3.63, 3.8) is 0 Å². The molecule has 0 aromatic heterocycles. The molecule has 0 aliphatic rings. The van der Waals surface area contributed by atoms with E-state index in [4.69, 9.17) is 14.2 Å². The Bertz CT molecular complexity index is 1030. The zero-order valence-electron chi connectivity index (χ0n) is 18.3. The van der Waals surface area contributed by atoms with Crippen LogP contribution < -0.4 is 14.2 Å². The van der Waals surface area contributed by atoms with Crippen LogP contribution in [-0.4, -0.2) is 25.3 Å². The van der Waals surface area contributed by atoms with E-state index in [2.05, 4.69) is 0 Å². The van der Waals surface area contributed by atoms with Crippen LogP contribution in [0.25, 0.3) is 0 Å². The zero-order chi connectivity index (χ0) is 22.4. The van der Waals surface area contributed by atoms with Crippen LogP contribution in [-0.2, 0) is 16.6 Å². The van der Waals surface area contributed by atoms with Crippen molar-refractivity contribution in [1.29, 1.82) is 0 Å². The Labute approximate surface area is 183 Å². The molecule has 0 spiro atoms. The maximum atomic E-state index is 12.7. The van der Waals surface area contributed by atoms with E-state index in [-0.39, 0.29) is 5.92 Å². The summed E-state index contributed by atoms with van der Waals surface area (Å²) in [4.78, 5) is 12.7.